The van der Waals surface area contributed by atoms with E-state index in [2.05, 4.69) is 21.5 Å². The smallest absolute Gasteiger partial charge is 0.262 e. The van der Waals surface area contributed by atoms with Crippen LogP contribution in [0.5, 0.6) is 0 Å². The number of fused-ring (bicyclic) bond motifs is 1. The normalized spacial score (nSPS) is 30.0. The molecule has 9 heteroatoms. The number of hydrazine groups is 1. The topological polar surface area (TPSA) is 115 Å². The summed E-state index contributed by atoms with van der Waals surface area (Å²) in [4.78, 5) is 21.4. The second kappa shape index (κ2) is 7.02. The average molecular weight is 438 g/mol. The number of hydrogen-bond donors (Lipinski definition) is 1. The van der Waals surface area contributed by atoms with E-state index in [1.807, 2.05) is 11.1 Å². The zero-order valence-electron chi connectivity index (χ0n) is 17.2. The van der Waals surface area contributed by atoms with Crippen LogP contribution in [0.2, 0.25) is 0 Å². The Bertz CT molecular complexity index is 1170. The van der Waals surface area contributed by atoms with Crippen molar-refractivity contribution in [2.75, 3.05) is 6.26 Å². The molecule has 1 amide bonds. The Labute approximate surface area is 181 Å². The third-order valence-corrected chi connectivity index (χ3v) is 7.96. The molecular weight excluding hydrogens is 414 g/mol. The zero-order valence-corrected chi connectivity index (χ0v) is 18.0. The van der Waals surface area contributed by atoms with Crippen LogP contribution in [0.15, 0.2) is 50.9 Å². The van der Waals surface area contributed by atoms with Crippen molar-refractivity contribution in [3.05, 3.63) is 36.0 Å². The molecule has 5 rings (SSSR count). The molecular formula is C22H23N5O3S. The Hall–Kier alpha value is -2.99. The van der Waals surface area contributed by atoms with Crippen LogP contribution >= 0.6 is 0 Å². The van der Waals surface area contributed by atoms with Gasteiger partial charge < -0.3 is 0 Å². The van der Waals surface area contributed by atoms with Gasteiger partial charge in [-0.25, -0.2) is 18.4 Å². The van der Waals surface area contributed by atoms with Crippen LogP contribution in [0.3, 0.4) is 0 Å². The molecule has 4 aliphatic rings. The molecule has 160 valence electrons. The van der Waals surface area contributed by atoms with E-state index in [-0.39, 0.29) is 22.8 Å². The molecule has 3 fully saturated rings. The number of carbonyl (C=O) groups excluding carboxylic acids is 1. The largest absolute Gasteiger partial charge is 0.285 e. The molecule has 31 heavy (non-hydrogen) atoms. The summed E-state index contributed by atoms with van der Waals surface area (Å²) in [7, 11) is -3.30. The zero-order chi connectivity index (χ0) is 21.8. The highest BCUT2D eigenvalue weighted by atomic mass is 32.2. The summed E-state index contributed by atoms with van der Waals surface area (Å²) in [6.07, 6.45) is 9.75. The molecule has 1 N–H and O–H groups in total. The van der Waals surface area contributed by atoms with Gasteiger partial charge in [-0.3, -0.25) is 15.2 Å². The quantitative estimate of drug-likeness (QED) is 0.777. The fourth-order valence-electron chi connectivity index (χ4n) is 4.92. The molecule has 2 saturated carbocycles. The first-order chi connectivity index (χ1) is 14.8. The van der Waals surface area contributed by atoms with Gasteiger partial charge in [0.25, 0.3) is 5.91 Å². The van der Waals surface area contributed by atoms with Gasteiger partial charge in [0.2, 0.25) is 0 Å². The van der Waals surface area contributed by atoms with Crippen LogP contribution in [-0.2, 0) is 14.6 Å². The maximum Gasteiger partial charge on any atom is 0.262 e. The molecule has 0 radical (unpaired) electrons. The van der Waals surface area contributed by atoms with Gasteiger partial charge in [-0.15, -0.1) is 0 Å². The molecule has 3 atom stereocenters. The highest BCUT2D eigenvalue weighted by molar-refractivity contribution is 7.90. The van der Waals surface area contributed by atoms with Crippen molar-refractivity contribution in [2.45, 2.75) is 43.0 Å². The lowest BCUT2D eigenvalue weighted by molar-refractivity contribution is -0.119. The molecule has 1 aromatic rings. The van der Waals surface area contributed by atoms with E-state index < -0.39 is 15.8 Å². The van der Waals surface area contributed by atoms with Crippen molar-refractivity contribution in [1.82, 2.24) is 10.4 Å². The highest BCUT2D eigenvalue weighted by Crippen LogP contribution is 2.58. The molecule has 0 aromatic heterocycles. The summed E-state index contributed by atoms with van der Waals surface area (Å²) >= 11 is 0. The minimum absolute atomic E-state index is 0.0374. The Kier molecular flexibility index (Phi) is 4.52. The Morgan fingerprint density at radius 1 is 1.26 bits per heavy atom. The number of sulfone groups is 1. The van der Waals surface area contributed by atoms with Crippen molar-refractivity contribution in [3.63, 3.8) is 0 Å². The lowest BCUT2D eigenvalue weighted by Gasteiger charge is -2.39. The molecule has 2 aliphatic carbocycles. The van der Waals surface area contributed by atoms with Gasteiger partial charge in [-0.2, -0.15) is 5.26 Å². The van der Waals surface area contributed by atoms with E-state index in [0.29, 0.717) is 16.9 Å². The molecule has 1 saturated heterocycles. The van der Waals surface area contributed by atoms with E-state index in [9.17, 15) is 18.5 Å². The van der Waals surface area contributed by atoms with Crippen LogP contribution in [0.25, 0.3) is 0 Å². The second-order valence-corrected chi connectivity index (χ2v) is 10.9. The maximum atomic E-state index is 12.6. The minimum Gasteiger partial charge on any atom is -0.285 e. The molecule has 2 aliphatic heterocycles. The first kappa shape index (κ1) is 19.9. The standard InChI is InChI=1S/C22H23N5O3S/c1-31(29,30)16-4-2-15(3-5-16)25-20-19-18(7-11-24-21(19)28)27(26-20)17-6-8-22(9-10-22)12-14(17)13-23/h2-5,7,11,14,17,19H,6,8-10,12H2,1H3,(H,25,26)/t14-,17+,19?/m0/s1. The predicted octanol–water partition coefficient (Wildman–Crippen LogP) is 2.52. The van der Waals surface area contributed by atoms with Gasteiger partial charge in [-0.05, 0) is 67.9 Å². The molecule has 0 bridgehead atoms. The van der Waals surface area contributed by atoms with Gasteiger partial charge in [0, 0.05) is 12.5 Å². The monoisotopic (exact) mass is 437 g/mol. The van der Waals surface area contributed by atoms with E-state index in [0.717, 1.165) is 31.2 Å². The van der Waals surface area contributed by atoms with Crippen molar-refractivity contribution in [1.29, 1.82) is 5.26 Å². The minimum atomic E-state index is -3.30. The fourth-order valence-corrected chi connectivity index (χ4v) is 5.55. The fraction of sp³-hybridized carbons (Fsp3) is 0.455. The van der Waals surface area contributed by atoms with Crippen LogP contribution in [0.4, 0.5) is 5.69 Å². The first-order valence-corrected chi connectivity index (χ1v) is 12.3. The van der Waals surface area contributed by atoms with E-state index in [1.54, 1.807) is 12.1 Å². The average Bonchev–Trinajstić information content (AvgIpc) is 3.39. The number of rotatable bonds is 3. The SMILES string of the molecule is CS(=O)(=O)c1ccc(N=C2NN([C@@H]3CCC4(CC4)C[C@H]3C#N)C3=CC=NC(=O)C32)cc1. The predicted molar refractivity (Wildman–Crippen MR) is 115 cm³/mol. The number of nitriles is 1. The number of allylic oxidation sites excluding steroid dienone is 1. The van der Waals surface area contributed by atoms with E-state index >= 15 is 0 Å². The first-order valence-electron chi connectivity index (χ1n) is 10.4. The summed E-state index contributed by atoms with van der Waals surface area (Å²) in [6, 6.07) is 8.69. The van der Waals surface area contributed by atoms with E-state index in [4.69, 9.17) is 0 Å². The lowest BCUT2D eigenvalue weighted by Crippen LogP contribution is -2.47. The number of dihydropyridines is 1. The molecule has 1 spiro atoms. The third kappa shape index (κ3) is 3.55. The maximum absolute atomic E-state index is 12.6. The lowest BCUT2D eigenvalue weighted by atomic mass is 9.76. The number of hydrogen-bond acceptors (Lipinski definition) is 6. The Morgan fingerprint density at radius 3 is 2.65 bits per heavy atom. The number of aliphatic imine (C=N–C) groups is 2. The van der Waals surface area contributed by atoms with Crippen LogP contribution < -0.4 is 5.43 Å². The Balaban J connectivity index is 1.46. The van der Waals surface area contributed by atoms with Gasteiger partial charge >= 0.3 is 0 Å². The van der Waals surface area contributed by atoms with Gasteiger partial charge in [0.1, 0.15) is 11.8 Å². The number of carbonyl (C=O) groups is 1. The summed E-state index contributed by atoms with van der Waals surface area (Å²) in [5, 5.41) is 11.8. The summed E-state index contributed by atoms with van der Waals surface area (Å²) in [5.41, 5.74) is 4.94. The summed E-state index contributed by atoms with van der Waals surface area (Å²) in [5.74, 6) is -0.617. The van der Waals surface area contributed by atoms with Crippen molar-refractivity contribution < 1.29 is 13.2 Å². The number of amides is 1. The van der Waals surface area contributed by atoms with Gasteiger partial charge in [-0.1, -0.05) is 0 Å². The number of benzene rings is 1. The Morgan fingerprint density at radius 2 is 2.00 bits per heavy atom. The molecule has 2 heterocycles. The molecule has 1 aromatic carbocycles. The van der Waals surface area contributed by atoms with Crippen LogP contribution in [0.1, 0.15) is 32.1 Å². The summed E-state index contributed by atoms with van der Waals surface area (Å²) < 4.78 is 23.4. The van der Waals surface area contributed by atoms with Crippen molar-refractivity contribution >= 4 is 33.5 Å². The number of nitrogens with one attached hydrogen (secondary N) is 1. The van der Waals surface area contributed by atoms with Gasteiger partial charge in [0.15, 0.2) is 9.84 Å². The molecule has 1 unspecified atom stereocenters. The number of amidine groups is 1. The summed E-state index contributed by atoms with van der Waals surface area (Å²) in [6.45, 7) is 0. The van der Waals surface area contributed by atoms with Crippen LogP contribution in [0, 0.1) is 28.6 Å². The van der Waals surface area contributed by atoms with E-state index in [1.165, 1.54) is 31.2 Å². The number of nitrogens with zero attached hydrogens (tertiary/aromatic N) is 4. The van der Waals surface area contributed by atoms with Crippen molar-refractivity contribution in [3.8, 4) is 6.07 Å². The molecule has 8 nitrogen and oxygen atoms in total. The third-order valence-electron chi connectivity index (χ3n) is 6.83. The highest BCUT2D eigenvalue weighted by Gasteiger charge is 2.52. The van der Waals surface area contributed by atoms with Crippen molar-refractivity contribution in [2.24, 2.45) is 27.2 Å². The van der Waals surface area contributed by atoms with Gasteiger partial charge in [0.05, 0.1) is 34.3 Å². The second-order valence-electron chi connectivity index (χ2n) is 8.93. The van der Waals surface area contributed by atoms with Crippen LogP contribution in [-0.4, -0.2) is 43.7 Å².